The summed E-state index contributed by atoms with van der Waals surface area (Å²) in [6.07, 6.45) is 3.07. The Morgan fingerprint density at radius 2 is 2.21 bits per heavy atom. The second kappa shape index (κ2) is 4.69. The number of rotatable bonds is 4. The van der Waals surface area contributed by atoms with Crippen molar-refractivity contribution in [3.8, 4) is 0 Å². The van der Waals surface area contributed by atoms with Crippen molar-refractivity contribution in [3.05, 3.63) is 12.7 Å². The highest BCUT2D eigenvalue weighted by Crippen LogP contribution is 2.38. The molecule has 2 nitrogen and oxygen atoms in total. The molecule has 1 unspecified atom stereocenters. The Hall–Kier alpha value is 0.0100. The smallest absolute Gasteiger partial charge is 0.0403 e. The van der Waals surface area contributed by atoms with Crippen LogP contribution in [0.4, 0.5) is 0 Å². The standard InChI is InChI=1S/C11H22N2S/c1-4-5-13-11(7-12)6-10(2,3)8-14-9-11/h4,13H,1,5-9,12H2,2-3H3. The number of hydrogen-bond donors (Lipinski definition) is 2. The monoisotopic (exact) mass is 214 g/mol. The molecule has 14 heavy (non-hydrogen) atoms. The highest BCUT2D eigenvalue weighted by atomic mass is 32.2. The van der Waals surface area contributed by atoms with E-state index in [0.29, 0.717) is 5.41 Å². The van der Waals surface area contributed by atoms with Gasteiger partial charge in [-0.1, -0.05) is 19.9 Å². The summed E-state index contributed by atoms with van der Waals surface area (Å²) in [4.78, 5) is 0. The van der Waals surface area contributed by atoms with Crippen LogP contribution in [0.15, 0.2) is 12.7 Å². The fourth-order valence-corrected chi connectivity index (χ4v) is 3.62. The van der Waals surface area contributed by atoms with Crippen LogP contribution >= 0.6 is 11.8 Å². The first kappa shape index (κ1) is 12.1. The first-order chi connectivity index (χ1) is 6.54. The van der Waals surface area contributed by atoms with E-state index in [0.717, 1.165) is 25.3 Å². The first-order valence-electron chi connectivity index (χ1n) is 5.17. The Bertz CT molecular complexity index is 203. The van der Waals surface area contributed by atoms with Gasteiger partial charge >= 0.3 is 0 Å². The second-order valence-electron chi connectivity index (χ2n) is 4.99. The van der Waals surface area contributed by atoms with Crippen LogP contribution in [0.3, 0.4) is 0 Å². The Labute approximate surface area is 91.7 Å². The van der Waals surface area contributed by atoms with Gasteiger partial charge in [0, 0.05) is 24.4 Å². The number of thioether (sulfide) groups is 1. The Kier molecular flexibility index (Phi) is 4.04. The molecule has 0 saturated carbocycles. The van der Waals surface area contributed by atoms with Gasteiger partial charge in [0.15, 0.2) is 0 Å². The lowest BCUT2D eigenvalue weighted by Gasteiger charge is -2.44. The van der Waals surface area contributed by atoms with E-state index in [1.807, 2.05) is 17.8 Å². The first-order valence-corrected chi connectivity index (χ1v) is 6.33. The van der Waals surface area contributed by atoms with Gasteiger partial charge in [0.25, 0.3) is 0 Å². The molecule has 1 rings (SSSR count). The molecule has 0 aromatic carbocycles. The zero-order valence-electron chi connectivity index (χ0n) is 9.31. The Balaban J connectivity index is 2.62. The van der Waals surface area contributed by atoms with Crippen molar-refractivity contribution >= 4 is 11.8 Å². The summed E-state index contributed by atoms with van der Waals surface area (Å²) in [5, 5.41) is 3.53. The van der Waals surface area contributed by atoms with E-state index in [1.54, 1.807) is 0 Å². The Morgan fingerprint density at radius 3 is 2.71 bits per heavy atom. The highest BCUT2D eigenvalue weighted by Gasteiger charge is 2.38. The molecule has 0 amide bonds. The summed E-state index contributed by atoms with van der Waals surface area (Å²) in [5.41, 5.74) is 6.41. The highest BCUT2D eigenvalue weighted by molar-refractivity contribution is 7.99. The SMILES string of the molecule is C=CCNC1(CN)CSCC(C)(C)C1. The molecule has 0 aromatic heterocycles. The minimum absolute atomic E-state index is 0.126. The molecule has 1 aliphatic heterocycles. The molecule has 1 saturated heterocycles. The lowest BCUT2D eigenvalue weighted by Crippen LogP contribution is -2.58. The third-order valence-electron chi connectivity index (χ3n) is 2.70. The lowest BCUT2D eigenvalue weighted by atomic mass is 9.80. The molecular formula is C11H22N2S. The summed E-state index contributed by atoms with van der Waals surface area (Å²) in [6.45, 7) is 9.95. The van der Waals surface area contributed by atoms with Crippen LogP contribution in [0, 0.1) is 5.41 Å². The van der Waals surface area contributed by atoms with Crippen molar-refractivity contribution < 1.29 is 0 Å². The molecule has 1 fully saturated rings. The summed E-state index contributed by atoms with van der Waals surface area (Å²) >= 11 is 2.01. The van der Waals surface area contributed by atoms with Crippen LogP contribution in [0.2, 0.25) is 0 Å². The van der Waals surface area contributed by atoms with Crippen molar-refractivity contribution in [2.45, 2.75) is 25.8 Å². The number of hydrogen-bond acceptors (Lipinski definition) is 3. The fraction of sp³-hybridized carbons (Fsp3) is 0.818. The van der Waals surface area contributed by atoms with Crippen LogP contribution in [-0.2, 0) is 0 Å². The van der Waals surface area contributed by atoms with Crippen LogP contribution in [0.5, 0.6) is 0 Å². The van der Waals surface area contributed by atoms with Gasteiger partial charge in [-0.15, -0.1) is 6.58 Å². The molecule has 1 atom stereocenters. The molecule has 0 aliphatic carbocycles. The maximum Gasteiger partial charge on any atom is 0.0403 e. The summed E-state index contributed by atoms with van der Waals surface area (Å²) < 4.78 is 0. The van der Waals surface area contributed by atoms with Gasteiger partial charge in [-0.05, 0) is 17.6 Å². The van der Waals surface area contributed by atoms with Gasteiger partial charge in [-0.25, -0.2) is 0 Å². The van der Waals surface area contributed by atoms with E-state index in [9.17, 15) is 0 Å². The maximum atomic E-state index is 5.89. The zero-order chi connectivity index (χ0) is 10.7. The van der Waals surface area contributed by atoms with Crippen LogP contribution in [0.1, 0.15) is 20.3 Å². The summed E-state index contributed by atoms with van der Waals surface area (Å²) in [7, 11) is 0. The number of nitrogens with two attached hydrogens (primary N) is 1. The van der Waals surface area contributed by atoms with Crippen molar-refractivity contribution in [2.24, 2.45) is 11.1 Å². The predicted octanol–water partition coefficient (Wildman–Crippen LogP) is 1.62. The summed E-state index contributed by atoms with van der Waals surface area (Å²) in [5.74, 6) is 2.37. The molecule has 3 N–H and O–H groups in total. The Morgan fingerprint density at radius 1 is 1.50 bits per heavy atom. The molecule has 0 aromatic rings. The van der Waals surface area contributed by atoms with Crippen molar-refractivity contribution in [3.63, 3.8) is 0 Å². The van der Waals surface area contributed by atoms with Gasteiger partial charge in [0.2, 0.25) is 0 Å². The molecule has 82 valence electrons. The van der Waals surface area contributed by atoms with Gasteiger partial charge in [0.1, 0.15) is 0 Å². The largest absolute Gasteiger partial charge is 0.329 e. The molecule has 1 aliphatic rings. The normalized spacial score (nSPS) is 31.4. The van der Waals surface area contributed by atoms with E-state index in [4.69, 9.17) is 5.73 Å². The van der Waals surface area contributed by atoms with Crippen LogP contribution in [0.25, 0.3) is 0 Å². The van der Waals surface area contributed by atoms with Crippen molar-refractivity contribution in [1.29, 1.82) is 0 Å². The quantitative estimate of drug-likeness (QED) is 0.699. The van der Waals surface area contributed by atoms with Crippen LogP contribution < -0.4 is 11.1 Å². The fourth-order valence-electron chi connectivity index (χ4n) is 2.15. The molecule has 0 spiro atoms. The van der Waals surface area contributed by atoms with Gasteiger partial charge in [-0.3, -0.25) is 0 Å². The predicted molar refractivity (Wildman–Crippen MR) is 65.7 cm³/mol. The molecular weight excluding hydrogens is 192 g/mol. The van der Waals surface area contributed by atoms with E-state index >= 15 is 0 Å². The average Bonchev–Trinajstić information content (AvgIpc) is 2.13. The second-order valence-corrected chi connectivity index (χ2v) is 5.97. The van der Waals surface area contributed by atoms with E-state index in [1.165, 1.54) is 5.75 Å². The van der Waals surface area contributed by atoms with Crippen LogP contribution in [-0.4, -0.2) is 30.1 Å². The average molecular weight is 214 g/mol. The lowest BCUT2D eigenvalue weighted by molar-refractivity contribution is 0.234. The third kappa shape index (κ3) is 3.01. The van der Waals surface area contributed by atoms with Crippen molar-refractivity contribution in [1.82, 2.24) is 5.32 Å². The minimum Gasteiger partial charge on any atom is -0.329 e. The molecule has 1 heterocycles. The maximum absolute atomic E-state index is 5.89. The van der Waals surface area contributed by atoms with Crippen molar-refractivity contribution in [2.75, 3.05) is 24.6 Å². The van der Waals surface area contributed by atoms with Gasteiger partial charge in [-0.2, -0.15) is 11.8 Å². The topological polar surface area (TPSA) is 38.0 Å². The van der Waals surface area contributed by atoms with E-state index in [2.05, 4.69) is 25.7 Å². The van der Waals surface area contributed by atoms with E-state index in [-0.39, 0.29) is 5.54 Å². The molecule has 0 radical (unpaired) electrons. The zero-order valence-corrected chi connectivity index (χ0v) is 10.1. The third-order valence-corrected chi connectivity index (χ3v) is 4.44. The minimum atomic E-state index is 0.126. The summed E-state index contributed by atoms with van der Waals surface area (Å²) in [6, 6.07) is 0. The number of nitrogens with one attached hydrogen (secondary N) is 1. The molecule has 3 heteroatoms. The van der Waals surface area contributed by atoms with E-state index < -0.39 is 0 Å². The molecule has 0 bridgehead atoms. The van der Waals surface area contributed by atoms with Gasteiger partial charge < -0.3 is 11.1 Å². The van der Waals surface area contributed by atoms with Gasteiger partial charge in [0.05, 0.1) is 0 Å².